The maximum absolute atomic E-state index is 14.7. The smallest absolute Gasteiger partial charge is 0.338 e. The predicted octanol–water partition coefficient (Wildman–Crippen LogP) is 8.40. The molecule has 5 aromatic rings. The van der Waals surface area contributed by atoms with Crippen molar-refractivity contribution in [2.24, 2.45) is 10.5 Å². The minimum Gasteiger partial charge on any atom is -0.467 e. The summed E-state index contributed by atoms with van der Waals surface area (Å²) in [6.45, 7) is 9.15. The van der Waals surface area contributed by atoms with Crippen molar-refractivity contribution in [3.05, 3.63) is 190 Å². The molecule has 4 fully saturated rings. The number of esters is 3. The number of carbonyl (C=O) groups excluding carboxylic acids is 4. The molecule has 9 rings (SSSR count). The van der Waals surface area contributed by atoms with Crippen molar-refractivity contribution in [2.45, 2.75) is 166 Å². The normalized spacial score (nSPS) is 29.1. The number of methoxy groups -OCH3 is 1. The second-order valence-corrected chi connectivity index (χ2v) is 22.4. The van der Waals surface area contributed by atoms with Crippen LogP contribution in [0.2, 0.25) is 0 Å². The molecule has 22 heteroatoms. The second kappa shape index (κ2) is 30.0. The Morgan fingerprint density at radius 2 is 1.20 bits per heavy atom. The summed E-state index contributed by atoms with van der Waals surface area (Å²) in [6.07, 6.45) is -19.5. The molecule has 4 aliphatic heterocycles. The van der Waals surface area contributed by atoms with Gasteiger partial charge in [0.05, 0.1) is 50.6 Å². The van der Waals surface area contributed by atoms with Gasteiger partial charge in [-0.25, -0.2) is 9.59 Å². The maximum Gasteiger partial charge on any atom is 0.338 e. The van der Waals surface area contributed by atoms with Gasteiger partial charge in [-0.05, 0) is 69.0 Å². The third-order valence-electron chi connectivity index (χ3n) is 14.6. The van der Waals surface area contributed by atoms with Crippen molar-refractivity contribution in [3.63, 3.8) is 0 Å². The van der Waals surface area contributed by atoms with E-state index in [9.17, 15) is 24.7 Å². The predicted molar refractivity (Wildman–Crippen MR) is 306 cm³/mol. The monoisotopic (exact) mass is 1190 g/mol. The van der Waals surface area contributed by atoms with E-state index in [1.807, 2.05) is 121 Å². The molecule has 458 valence electrons. The van der Waals surface area contributed by atoms with E-state index in [2.05, 4.69) is 15.3 Å². The van der Waals surface area contributed by atoms with E-state index in [1.54, 1.807) is 65.0 Å². The fourth-order valence-electron chi connectivity index (χ4n) is 10.4. The van der Waals surface area contributed by atoms with Crippen LogP contribution in [0.1, 0.15) is 80.4 Å². The lowest BCUT2D eigenvalue weighted by atomic mass is 9.93. The van der Waals surface area contributed by atoms with E-state index < -0.39 is 140 Å². The van der Waals surface area contributed by atoms with Gasteiger partial charge in [-0.1, -0.05) is 145 Å². The summed E-state index contributed by atoms with van der Waals surface area (Å²) in [5.41, 5.74) is 12.4. The molecule has 0 bridgehead atoms. The average Bonchev–Trinajstić information content (AvgIpc) is 1.48. The maximum atomic E-state index is 14.7. The molecule has 0 aliphatic carbocycles. The lowest BCUT2D eigenvalue weighted by Gasteiger charge is -2.51. The summed E-state index contributed by atoms with van der Waals surface area (Å²) >= 11 is 0. The Morgan fingerprint density at radius 1 is 0.651 bits per heavy atom. The number of rotatable bonds is 23. The number of carbonyl (C=O) groups is 4. The summed E-state index contributed by atoms with van der Waals surface area (Å²) in [6, 6.07) is 42.8. The number of ether oxygens (including phenoxy) is 14. The third-order valence-corrected chi connectivity index (χ3v) is 14.6. The number of benzene rings is 5. The Balaban J connectivity index is 1.15. The van der Waals surface area contributed by atoms with Crippen molar-refractivity contribution in [1.29, 1.82) is 0 Å². The molecule has 1 N–H and O–H groups in total. The second-order valence-electron chi connectivity index (χ2n) is 22.4. The molecule has 22 nitrogen and oxygen atoms in total. The van der Waals surface area contributed by atoms with Gasteiger partial charge in [0.15, 0.2) is 37.4 Å². The van der Waals surface area contributed by atoms with Gasteiger partial charge in [-0.3, -0.25) is 9.59 Å². The van der Waals surface area contributed by atoms with Gasteiger partial charge < -0.3 is 71.6 Å². The molecule has 4 heterocycles. The Labute approximate surface area is 499 Å². The molecule has 0 aromatic heterocycles. The van der Waals surface area contributed by atoms with E-state index in [0.717, 1.165) is 23.8 Å². The zero-order valence-electron chi connectivity index (χ0n) is 49.0. The molecule has 86 heavy (non-hydrogen) atoms. The summed E-state index contributed by atoms with van der Waals surface area (Å²) in [4.78, 5) is 59.6. The largest absolute Gasteiger partial charge is 0.467 e. The molecular weight excluding hydrogens is 1110 g/mol. The first-order chi connectivity index (χ1) is 41.6. The van der Waals surface area contributed by atoms with Crippen molar-refractivity contribution in [3.8, 4) is 0 Å². The van der Waals surface area contributed by atoms with Gasteiger partial charge in [0.25, 0.3) is 0 Å². The first-order valence-corrected chi connectivity index (χ1v) is 28.6. The SMILES string of the molecule is COC(=O)[C@@H]1O[C@@H](O[C@H]2[C@H](OCc3ccccc3)[C@@H](NC(C)=O)[C@@H](OC(C)C)O[C@@H]2COC(=O)c2ccccc2)[C@H](OC(=O)C(C)(C)C)[C@@H](OCc2ccccc2)[C@@H]1O[C@H]1O[C@@H]2CO[C@@H](c3ccccc3)O[C@H]2[C@H](OCc2ccccc2)[C@H]1N=[N+]=[N-]. The van der Waals surface area contributed by atoms with Gasteiger partial charge in [0.2, 0.25) is 5.91 Å². The highest BCUT2D eigenvalue weighted by Gasteiger charge is 2.60. The average molecular weight is 1190 g/mol. The highest BCUT2D eigenvalue weighted by Crippen LogP contribution is 2.41. The Hall–Kier alpha value is -7.15. The first kappa shape index (κ1) is 63.4. The highest BCUT2D eigenvalue weighted by molar-refractivity contribution is 5.89. The van der Waals surface area contributed by atoms with Crippen LogP contribution in [0.15, 0.2) is 157 Å². The van der Waals surface area contributed by atoms with Crippen LogP contribution in [-0.2, 0) is 101 Å². The van der Waals surface area contributed by atoms with Crippen LogP contribution < -0.4 is 5.32 Å². The first-order valence-electron chi connectivity index (χ1n) is 28.6. The molecule has 16 atom stereocenters. The van der Waals surface area contributed by atoms with E-state index in [-0.39, 0.29) is 32.0 Å². The zero-order chi connectivity index (χ0) is 60.7. The number of nitrogens with zero attached hydrogens (tertiary/aromatic N) is 3. The summed E-state index contributed by atoms with van der Waals surface area (Å²) in [7, 11) is 1.15. The minimum atomic E-state index is -1.82. The van der Waals surface area contributed by atoms with Crippen LogP contribution in [-0.4, -0.2) is 142 Å². The van der Waals surface area contributed by atoms with Crippen molar-refractivity contribution in [1.82, 2.24) is 5.32 Å². The van der Waals surface area contributed by atoms with Gasteiger partial charge in [0.1, 0.15) is 67.5 Å². The molecule has 0 radical (unpaired) electrons. The molecule has 0 spiro atoms. The van der Waals surface area contributed by atoms with Crippen LogP contribution in [0, 0.1) is 5.41 Å². The number of amides is 1. The topological polar surface area (TPSA) is 258 Å². The number of azide groups is 1. The quantitative estimate of drug-likeness (QED) is 0.0212. The van der Waals surface area contributed by atoms with E-state index in [4.69, 9.17) is 66.3 Å². The molecular formula is C64H74N4O18. The zero-order valence-corrected chi connectivity index (χ0v) is 49.0. The Bertz CT molecular complexity index is 3010. The Morgan fingerprint density at radius 3 is 1.74 bits per heavy atom. The standard InChI is InChI=1S/C64H74N4O18/c1-38(2)79-60-47(66-39(3)69)51(74-33-40-23-13-8-14-24-40)49(45(80-60)36-77-57(70)43-29-19-11-20-30-43)83-62-56(86-63(72)64(4,5)6)53(76-35-42-27-17-10-18-28-42)54(55(85-62)58(71)73-7)84-61-48(67-68-65)52(75-34-41-25-15-9-16-26-41)50-46(81-61)37-78-59(82-50)44-31-21-12-22-32-44/h8-32,38,45-56,59-62H,33-37H2,1-7H3,(H,66,69)/t45-,46-,47-,48-,49-,50-,51-,52-,53+,54+,55-,56-,59-,60+,61-,62-/m1/s1. The summed E-state index contributed by atoms with van der Waals surface area (Å²) < 4.78 is 92.1. The van der Waals surface area contributed by atoms with Gasteiger partial charge >= 0.3 is 17.9 Å². The van der Waals surface area contributed by atoms with Gasteiger partial charge in [-0.2, -0.15) is 0 Å². The van der Waals surface area contributed by atoms with Crippen molar-refractivity contribution >= 4 is 23.8 Å². The summed E-state index contributed by atoms with van der Waals surface area (Å²) in [5, 5.41) is 7.19. The van der Waals surface area contributed by atoms with Gasteiger partial charge in [0, 0.05) is 17.4 Å². The molecule has 0 unspecified atom stereocenters. The highest BCUT2D eigenvalue weighted by atomic mass is 16.8. The summed E-state index contributed by atoms with van der Waals surface area (Å²) in [5.74, 6) is -2.92. The number of nitrogens with one attached hydrogen (secondary N) is 1. The lowest BCUT2D eigenvalue weighted by molar-refractivity contribution is -0.382. The van der Waals surface area contributed by atoms with Crippen molar-refractivity contribution < 1.29 is 85.5 Å². The van der Waals surface area contributed by atoms with Crippen LogP contribution >= 0.6 is 0 Å². The van der Waals surface area contributed by atoms with Crippen molar-refractivity contribution in [2.75, 3.05) is 20.3 Å². The van der Waals surface area contributed by atoms with Crippen LogP contribution in [0.5, 0.6) is 0 Å². The molecule has 4 aliphatic rings. The van der Waals surface area contributed by atoms with E-state index >= 15 is 0 Å². The molecule has 1 amide bonds. The lowest BCUT2D eigenvalue weighted by Crippen LogP contribution is -2.70. The van der Waals surface area contributed by atoms with Crippen LogP contribution in [0.4, 0.5) is 0 Å². The fraction of sp³-hybridized carbons (Fsp3) is 0.469. The fourth-order valence-corrected chi connectivity index (χ4v) is 10.4. The third kappa shape index (κ3) is 16.3. The molecule has 4 saturated heterocycles. The number of hydrogen-bond donors (Lipinski definition) is 1. The van der Waals surface area contributed by atoms with Gasteiger partial charge in [-0.15, -0.1) is 0 Å². The number of fused-ring (bicyclic) bond motifs is 1. The van der Waals surface area contributed by atoms with E-state index in [1.165, 1.54) is 6.92 Å². The molecule has 5 aromatic carbocycles. The Kier molecular flexibility index (Phi) is 22.1. The van der Waals surface area contributed by atoms with E-state index in [0.29, 0.717) is 5.56 Å². The molecule has 0 saturated carbocycles. The minimum absolute atomic E-state index is 0.0432. The van der Waals surface area contributed by atoms with Crippen LogP contribution in [0.3, 0.4) is 0 Å². The number of hydrogen-bond acceptors (Lipinski definition) is 19. The van der Waals surface area contributed by atoms with Crippen LogP contribution in [0.25, 0.3) is 10.4 Å².